The number of hydrogen-bond acceptors (Lipinski definition) is 6. The molecule has 0 aliphatic carbocycles. The van der Waals surface area contributed by atoms with Gasteiger partial charge in [-0.25, -0.2) is 9.63 Å². The standard InChI is InChI=1S/C36H75N2O6P/c1-2-3-4-5-6-7-8-13-16-19-22-25-28-31-36(39)38(40)33-29-26-23-20-17-14-11-9-10-12-15-18-21-24-27-30-34-43-45(41,42)44-35-32-37/h40H,2-35,37H2,1H3,(H,41,42). The van der Waals surface area contributed by atoms with Crippen LogP contribution in [0.15, 0.2) is 0 Å². The van der Waals surface area contributed by atoms with Crippen LogP contribution in [0, 0.1) is 0 Å². The van der Waals surface area contributed by atoms with E-state index in [0.717, 1.165) is 50.0 Å². The second-order valence-corrected chi connectivity index (χ2v) is 14.5. The second-order valence-electron chi connectivity index (χ2n) is 13.1. The topological polar surface area (TPSA) is 122 Å². The van der Waals surface area contributed by atoms with Crippen LogP contribution in [-0.2, 0) is 18.4 Å². The Kier molecular flexibility index (Phi) is 34.4. The van der Waals surface area contributed by atoms with Gasteiger partial charge in [0.2, 0.25) is 5.91 Å². The van der Waals surface area contributed by atoms with Crippen LogP contribution in [0.1, 0.15) is 200 Å². The largest absolute Gasteiger partial charge is 0.472 e. The molecule has 0 aliphatic heterocycles. The number of hydrogen-bond donors (Lipinski definition) is 3. The van der Waals surface area contributed by atoms with E-state index in [9.17, 15) is 19.5 Å². The van der Waals surface area contributed by atoms with Gasteiger partial charge >= 0.3 is 7.82 Å². The second kappa shape index (κ2) is 34.8. The smallest absolute Gasteiger partial charge is 0.328 e. The third-order valence-electron chi connectivity index (χ3n) is 8.67. The van der Waals surface area contributed by atoms with Crippen molar-refractivity contribution in [2.45, 2.75) is 200 Å². The van der Waals surface area contributed by atoms with Gasteiger partial charge in [0.25, 0.3) is 0 Å². The minimum absolute atomic E-state index is 0.0312. The Morgan fingerprint density at radius 3 is 1.29 bits per heavy atom. The van der Waals surface area contributed by atoms with Crippen LogP contribution in [0.5, 0.6) is 0 Å². The van der Waals surface area contributed by atoms with Crippen LogP contribution in [0.2, 0.25) is 0 Å². The molecular formula is C36H75N2O6P. The molecule has 1 amide bonds. The monoisotopic (exact) mass is 663 g/mol. The van der Waals surface area contributed by atoms with E-state index in [1.807, 2.05) is 0 Å². The number of hydroxylamine groups is 2. The van der Waals surface area contributed by atoms with Gasteiger partial charge in [0, 0.05) is 19.5 Å². The van der Waals surface area contributed by atoms with Gasteiger partial charge in [-0.2, -0.15) is 0 Å². The van der Waals surface area contributed by atoms with Crippen molar-refractivity contribution in [2.24, 2.45) is 5.73 Å². The lowest BCUT2D eigenvalue weighted by atomic mass is 10.0. The van der Waals surface area contributed by atoms with Crippen molar-refractivity contribution in [1.29, 1.82) is 0 Å². The Morgan fingerprint density at radius 1 is 0.556 bits per heavy atom. The summed E-state index contributed by atoms with van der Waals surface area (Å²) in [6.07, 6.45) is 36.3. The van der Waals surface area contributed by atoms with Crippen molar-refractivity contribution in [3.63, 3.8) is 0 Å². The molecule has 0 heterocycles. The van der Waals surface area contributed by atoms with Gasteiger partial charge in [-0.1, -0.05) is 174 Å². The lowest BCUT2D eigenvalue weighted by molar-refractivity contribution is -0.165. The Balaban J connectivity index is 3.31. The normalized spacial score (nSPS) is 12.9. The van der Waals surface area contributed by atoms with Crippen molar-refractivity contribution in [2.75, 3.05) is 26.3 Å². The quantitative estimate of drug-likeness (QED) is 0.0262. The fourth-order valence-electron chi connectivity index (χ4n) is 5.77. The summed E-state index contributed by atoms with van der Waals surface area (Å²) >= 11 is 0. The molecule has 0 rings (SSSR count). The van der Waals surface area contributed by atoms with Crippen molar-refractivity contribution < 1.29 is 28.5 Å². The molecule has 0 aliphatic rings. The summed E-state index contributed by atoms with van der Waals surface area (Å²) in [6.45, 7) is 3.22. The zero-order valence-corrected chi connectivity index (χ0v) is 30.4. The first kappa shape index (κ1) is 44.5. The lowest BCUT2D eigenvalue weighted by Gasteiger charge is -2.14. The molecule has 0 saturated heterocycles. The summed E-state index contributed by atoms with van der Waals surface area (Å²) < 4.78 is 21.1. The SMILES string of the molecule is CCCCCCCCCCCCCCCC(=O)N(O)CCCCCCCCCCCCCCCCCCOP(=O)(O)OCCN. The number of phosphoric ester groups is 1. The molecular weight excluding hydrogens is 587 g/mol. The average Bonchev–Trinajstić information content (AvgIpc) is 3.03. The van der Waals surface area contributed by atoms with E-state index < -0.39 is 7.82 Å². The predicted molar refractivity (Wildman–Crippen MR) is 188 cm³/mol. The molecule has 45 heavy (non-hydrogen) atoms. The van der Waals surface area contributed by atoms with E-state index >= 15 is 0 Å². The summed E-state index contributed by atoms with van der Waals surface area (Å²) in [5, 5.41) is 11.0. The van der Waals surface area contributed by atoms with Crippen LogP contribution in [0.25, 0.3) is 0 Å². The van der Waals surface area contributed by atoms with E-state index in [1.165, 1.54) is 141 Å². The molecule has 0 spiro atoms. The Labute approximate surface area is 278 Å². The molecule has 270 valence electrons. The highest BCUT2D eigenvalue weighted by molar-refractivity contribution is 7.47. The Hall–Kier alpha value is -0.500. The molecule has 0 fully saturated rings. The van der Waals surface area contributed by atoms with E-state index in [1.54, 1.807) is 0 Å². The fraction of sp³-hybridized carbons (Fsp3) is 0.972. The molecule has 8 nitrogen and oxygen atoms in total. The predicted octanol–water partition coefficient (Wildman–Crippen LogP) is 11.0. The number of carbonyl (C=O) groups is 1. The molecule has 9 heteroatoms. The summed E-state index contributed by atoms with van der Waals surface area (Å²) in [7, 11) is -3.92. The summed E-state index contributed by atoms with van der Waals surface area (Å²) in [5.41, 5.74) is 5.25. The minimum Gasteiger partial charge on any atom is -0.328 e. The highest BCUT2D eigenvalue weighted by atomic mass is 31.2. The summed E-state index contributed by atoms with van der Waals surface area (Å²) in [4.78, 5) is 21.6. The van der Waals surface area contributed by atoms with Crippen molar-refractivity contribution in [3.8, 4) is 0 Å². The summed E-state index contributed by atoms with van der Waals surface area (Å²) in [5.74, 6) is -0.105. The first-order valence-corrected chi connectivity index (χ1v) is 20.7. The molecule has 4 N–H and O–H groups in total. The van der Waals surface area contributed by atoms with Crippen molar-refractivity contribution >= 4 is 13.7 Å². The fourth-order valence-corrected chi connectivity index (χ4v) is 6.54. The van der Waals surface area contributed by atoms with Gasteiger partial charge in [-0.15, -0.1) is 0 Å². The number of rotatable bonds is 37. The van der Waals surface area contributed by atoms with Crippen LogP contribution < -0.4 is 5.73 Å². The number of nitrogens with two attached hydrogens (primary N) is 1. The number of carbonyl (C=O) groups excluding carboxylic acids is 1. The molecule has 1 unspecified atom stereocenters. The number of unbranched alkanes of at least 4 members (excludes halogenated alkanes) is 27. The van der Waals surface area contributed by atoms with Crippen molar-refractivity contribution in [1.82, 2.24) is 5.06 Å². The lowest BCUT2D eigenvalue weighted by Crippen LogP contribution is -2.28. The van der Waals surface area contributed by atoms with E-state index in [2.05, 4.69) is 6.92 Å². The third-order valence-corrected chi connectivity index (χ3v) is 9.69. The zero-order chi connectivity index (χ0) is 33.1. The minimum atomic E-state index is -3.92. The van der Waals surface area contributed by atoms with Crippen LogP contribution >= 0.6 is 7.82 Å². The van der Waals surface area contributed by atoms with Gasteiger partial charge in [-0.05, 0) is 19.3 Å². The van der Waals surface area contributed by atoms with Crippen LogP contribution in [0.4, 0.5) is 0 Å². The van der Waals surface area contributed by atoms with Gasteiger partial charge in [0.1, 0.15) is 0 Å². The first-order valence-electron chi connectivity index (χ1n) is 19.2. The maximum absolute atomic E-state index is 12.2. The highest BCUT2D eigenvalue weighted by Crippen LogP contribution is 2.42. The van der Waals surface area contributed by atoms with Crippen molar-refractivity contribution in [3.05, 3.63) is 0 Å². The maximum atomic E-state index is 12.2. The van der Waals surface area contributed by atoms with Crippen LogP contribution in [-0.4, -0.2) is 47.4 Å². The van der Waals surface area contributed by atoms with Crippen LogP contribution in [0.3, 0.4) is 0 Å². The molecule has 0 bridgehead atoms. The molecule has 0 aromatic carbocycles. The average molecular weight is 663 g/mol. The van der Waals surface area contributed by atoms with E-state index in [0.29, 0.717) is 13.0 Å². The molecule has 0 aromatic rings. The van der Waals surface area contributed by atoms with E-state index in [4.69, 9.17) is 14.8 Å². The molecule has 0 saturated carbocycles. The Morgan fingerprint density at radius 2 is 0.889 bits per heavy atom. The third kappa shape index (κ3) is 34.6. The Bertz CT molecular complexity index is 669. The van der Waals surface area contributed by atoms with Gasteiger partial charge < -0.3 is 10.6 Å². The molecule has 0 aromatic heterocycles. The van der Waals surface area contributed by atoms with Gasteiger partial charge in [-0.3, -0.25) is 19.0 Å². The number of nitrogens with zero attached hydrogens (tertiary/aromatic N) is 1. The molecule has 1 atom stereocenters. The highest BCUT2D eigenvalue weighted by Gasteiger charge is 2.19. The number of amides is 1. The van der Waals surface area contributed by atoms with E-state index in [-0.39, 0.29) is 25.7 Å². The first-order chi connectivity index (χ1) is 21.9. The maximum Gasteiger partial charge on any atom is 0.472 e. The van der Waals surface area contributed by atoms with Gasteiger partial charge in [0.05, 0.1) is 13.2 Å². The molecule has 0 radical (unpaired) electrons. The van der Waals surface area contributed by atoms with Gasteiger partial charge in [0.15, 0.2) is 0 Å². The zero-order valence-electron chi connectivity index (χ0n) is 29.5. The summed E-state index contributed by atoms with van der Waals surface area (Å²) in [6, 6.07) is 0. The number of phosphoric acid groups is 1.